The molecule has 1 aliphatic carbocycles. The fraction of sp³-hybridized carbons (Fsp3) is 0.462. The minimum atomic E-state index is 0.388. The van der Waals surface area contributed by atoms with Crippen LogP contribution in [-0.2, 0) is 0 Å². The van der Waals surface area contributed by atoms with Gasteiger partial charge in [-0.2, -0.15) is 16.7 Å². The molecule has 19 heavy (non-hydrogen) atoms. The van der Waals surface area contributed by atoms with Crippen LogP contribution in [0.1, 0.15) is 18.7 Å². The SMILES string of the molecule is CSC1(CNc2ncccc2-c2nc(C)no2)CC1. The highest BCUT2D eigenvalue weighted by Crippen LogP contribution is 2.47. The Hall–Kier alpha value is -1.56. The first-order valence-electron chi connectivity index (χ1n) is 6.27. The zero-order valence-corrected chi connectivity index (χ0v) is 11.8. The third-order valence-corrected chi connectivity index (χ3v) is 4.80. The van der Waals surface area contributed by atoms with Gasteiger partial charge in [-0.1, -0.05) is 5.16 Å². The number of rotatable bonds is 5. The largest absolute Gasteiger partial charge is 0.368 e. The Kier molecular flexibility index (Phi) is 3.18. The Labute approximate surface area is 116 Å². The van der Waals surface area contributed by atoms with Crippen LogP contribution in [0.5, 0.6) is 0 Å². The number of hydrogen-bond acceptors (Lipinski definition) is 6. The molecule has 0 amide bonds. The summed E-state index contributed by atoms with van der Waals surface area (Å²) in [4.78, 5) is 8.64. The maximum atomic E-state index is 5.22. The fourth-order valence-electron chi connectivity index (χ4n) is 1.96. The summed E-state index contributed by atoms with van der Waals surface area (Å²) in [7, 11) is 0. The van der Waals surface area contributed by atoms with Crippen molar-refractivity contribution in [3.05, 3.63) is 24.2 Å². The fourth-order valence-corrected chi connectivity index (χ4v) is 2.69. The molecule has 3 rings (SSSR count). The van der Waals surface area contributed by atoms with E-state index in [2.05, 4.69) is 26.7 Å². The molecule has 0 atom stereocenters. The van der Waals surface area contributed by atoms with Crippen LogP contribution in [0.3, 0.4) is 0 Å². The third kappa shape index (κ3) is 2.58. The average molecular weight is 276 g/mol. The van der Waals surface area contributed by atoms with E-state index in [0.717, 1.165) is 17.9 Å². The first-order chi connectivity index (χ1) is 9.22. The molecule has 2 heterocycles. The minimum Gasteiger partial charge on any atom is -0.368 e. The van der Waals surface area contributed by atoms with Crippen molar-refractivity contribution >= 4 is 17.6 Å². The van der Waals surface area contributed by atoms with Gasteiger partial charge >= 0.3 is 0 Å². The van der Waals surface area contributed by atoms with Gasteiger partial charge in [0, 0.05) is 17.5 Å². The molecular weight excluding hydrogens is 260 g/mol. The second-order valence-corrected chi connectivity index (χ2v) is 6.06. The highest BCUT2D eigenvalue weighted by atomic mass is 32.2. The van der Waals surface area contributed by atoms with Gasteiger partial charge in [-0.15, -0.1) is 0 Å². The van der Waals surface area contributed by atoms with Crippen molar-refractivity contribution in [1.29, 1.82) is 0 Å². The van der Waals surface area contributed by atoms with Gasteiger partial charge in [0.1, 0.15) is 5.82 Å². The predicted molar refractivity (Wildman–Crippen MR) is 76.2 cm³/mol. The van der Waals surface area contributed by atoms with E-state index in [1.54, 1.807) is 6.20 Å². The topological polar surface area (TPSA) is 63.8 Å². The smallest absolute Gasteiger partial charge is 0.261 e. The van der Waals surface area contributed by atoms with Crippen LogP contribution in [0.15, 0.2) is 22.9 Å². The first-order valence-corrected chi connectivity index (χ1v) is 7.50. The van der Waals surface area contributed by atoms with Gasteiger partial charge in [0.2, 0.25) is 0 Å². The van der Waals surface area contributed by atoms with E-state index in [-0.39, 0.29) is 0 Å². The maximum Gasteiger partial charge on any atom is 0.261 e. The zero-order valence-electron chi connectivity index (χ0n) is 11.0. The Balaban J connectivity index is 1.81. The lowest BCUT2D eigenvalue weighted by Crippen LogP contribution is -2.18. The van der Waals surface area contributed by atoms with Crippen LogP contribution >= 0.6 is 11.8 Å². The van der Waals surface area contributed by atoms with E-state index in [9.17, 15) is 0 Å². The summed E-state index contributed by atoms with van der Waals surface area (Å²) in [6.07, 6.45) is 6.47. The average Bonchev–Trinajstić information content (AvgIpc) is 3.11. The van der Waals surface area contributed by atoms with Gasteiger partial charge in [0.15, 0.2) is 5.82 Å². The molecule has 0 unspecified atom stereocenters. The van der Waals surface area contributed by atoms with Crippen LogP contribution in [0.2, 0.25) is 0 Å². The molecule has 6 heteroatoms. The normalized spacial score (nSPS) is 16.3. The first kappa shape index (κ1) is 12.5. The van der Waals surface area contributed by atoms with Crippen molar-refractivity contribution in [1.82, 2.24) is 15.1 Å². The molecule has 2 aromatic heterocycles. The van der Waals surface area contributed by atoms with Crippen molar-refractivity contribution in [2.75, 3.05) is 18.1 Å². The number of nitrogens with zero attached hydrogens (tertiary/aromatic N) is 3. The molecule has 0 spiro atoms. The molecule has 0 bridgehead atoms. The summed E-state index contributed by atoms with van der Waals surface area (Å²) in [5.41, 5.74) is 0.861. The molecule has 1 N–H and O–H groups in total. The van der Waals surface area contributed by atoms with Crippen molar-refractivity contribution in [2.45, 2.75) is 24.5 Å². The molecule has 1 saturated carbocycles. The second-order valence-electron chi connectivity index (χ2n) is 4.79. The van der Waals surface area contributed by atoms with E-state index >= 15 is 0 Å². The third-order valence-electron chi connectivity index (χ3n) is 3.38. The lowest BCUT2D eigenvalue weighted by molar-refractivity contribution is 0.425. The van der Waals surface area contributed by atoms with Gasteiger partial charge in [-0.05, 0) is 38.2 Å². The van der Waals surface area contributed by atoms with E-state index < -0.39 is 0 Å². The van der Waals surface area contributed by atoms with E-state index in [4.69, 9.17) is 4.52 Å². The van der Waals surface area contributed by atoms with E-state index in [0.29, 0.717) is 16.5 Å². The lowest BCUT2D eigenvalue weighted by Gasteiger charge is -2.14. The molecular formula is C13H16N4OS. The minimum absolute atomic E-state index is 0.388. The van der Waals surface area contributed by atoms with Gasteiger partial charge in [0.05, 0.1) is 5.56 Å². The molecule has 0 aromatic carbocycles. The second kappa shape index (κ2) is 4.85. The maximum absolute atomic E-state index is 5.22. The number of nitrogens with one attached hydrogen (secondary N) is 1. The van der Waals surface area contributed by atoms with Crippen molar-refractivity contribution in [3.63, 3.8) is 0 Å². The number of anilines is 1. The standard InChI is InChI=1S/C13H16N4OS/c1-9-16-12(18-17-9)10-4-3-7-14-11(10)15-8-13(19-2)5-6-13/h3-4,7H,5-6,8H2,1-2H3,(H,14,15). The number of thioether (sulfide) groups is 1. The molecule has 0 aliphatic heterocycles. The monoisotopic (exact) mass is 276 g/mol. The highest BCUT2D eigenvalue weighted by Gasteiger charge is 2.41. The number of hydrogen-bond donors (Lipinski definition) is 1. The Morgan fingerprint density at radius 2 is 2.32 bits per heavy atom. The molecule has 1 aliphatic rings. The lowest BCUT2D eigenvalue weighted by atomic mass is 10.2. The summed E-state index contributed by atoms with van der Waals surface area (Å²) in [5.74, 6) is 1.96. The molecule has 100 valence electrons. The van der Waals surface area contributed by atoms with E-state index in [1.165, 1.54) is 12.8 Å². The van der Waals surface area contributed by atoms with Crippen molar-refractivity contribution in [2.24, 2.45) is 0 Å². The van der Waals surface area contributed by atoms with E-state index in [1.807, 2.05) is 30.8 Å². The summed E-state index contributed by atoms with van der Waals surface area (Å²) in [6.45, 7) is 2.73. The van der Waals surface area contributed by atoms with Crippen molar-refractivity contribution < 1.29 is 4.52 Å². The Morgan fingerprint density at radius 3 is 2.95 bits per heavy atom. The van der Waals surface area contributed by atoms with Crippen LogP contribution in [-0.4, -0.2) is 32.7 Å². The van der Waals surface area contributed by atoms with Crippen LogP contribution < -0.4 is 5.32 Å². The summed E-state index contributed by atoms with van der Waals surface area (Å²) < 4.78 is 5.61. The van der Waals surface area contributed by atoms with Gasteiger partial charge in [-0.3, -0.25) is 0 Å². The van der Waals surface area contributed by atoms with Gasteiger partial charge in [-0.25, -0.2) is 4.98 Å². The van der Waals surface area contributed by atoms with Crippen molar-refractivity contribution in [3.8, 4) is 11.5 Å². The number of aromatic nitrogens is 3. The number of aryl methyl sites for hydroxylation is 1. The Morgan fingerprint density at radius 1 is 1.47 bits per heavy atom. The quantitative estimate of drug-likeness (QED) is 0.906. The molecule has 0 saturated heterocycles. The highest BCUT2D eigenvalue weighted by molar-refractivity contribution is 8.00. The predicted octanol–water partition coefficient (Wildman–Crippen LogP) is 2.75. The zero-order chi connectivity index (χ0) is 13.3. The van der Waals surface area contributed by atoms with Crippen LogP contribution in [0.4, 0.5) is 5.82 Å². The molecule has 0 radical (unpaired) electrons. The molecule has 5 nitrogen and oxygen atoms in total. The van der Waals surface area contributed by atoms with Crippen LogP contribution in [0, 0.1) is 6.92 Å². The number of pyridine rings is 1. The van der Waals surface area contributed by atoms with Gasteiger partial charge in [0.25, 0.3) is 5.89 Å². The summed E-state index contributed by atoms with van der Waals surface area (Å²) >= 11 is 1.92. The van der Waals surface area contributed by atoms with Crippen LogP contribution in [0.25, 0.3) is 11.5 Å². The Bertz CT molecular complexity index is 580. The summed E-state index contributed by atoms with van der Waals surface area (Å²) in [5, 5.41) is 7.24. The van der Waals surface area contributed by atoms with Gasteiger partial charge < -0.3 is 9.84 Å². The molecule has 2 aromatic rings. The summed E-state index contributed by atoms with van der Waals surface area (Å²) in [6, 6.07) is 3.82. The molecule has 1 fully saturated rings.